The van der Waals surface area contributed by atoms with Gasteiger partial charge in [-0.25, -0.2) is 4.68 Å². The maximum Gasteiger partial charge on any atom is 0.266 e. The molecule has 1 N–H and O–H groups in total. The van der Waals surface area contributed by atoms with Gasteiger partial charge in [0.25, 0.3) is 5.56 Å². The molecule has 7 heteroatoms. The summed E-state index contributed by atoms with van der Waals surface area (Å²) in [6.45, 7) is 3.22. The third kappa shape index (κ3) is 6.49. The van der Waals surface area contributed by atoms with E-state index in [4.69, 9.17) is 4.74 Å². The summed E-state index contributed by atoms with van der Waals surface area (Å²) < 4.78 is 6.83. The molecule has 3 rings (SSSR count). The van der Waals surface area contributed by atoms with E-state index < -0.39 is 0 Å². The first-order chi connectivity index (χ1) is 14.7. The number of rotatable bonds is 10. The van der Waals surface area contributed by atoms with Crippen molar-refractivity contribution in [1.29, 1.82) is 0 Å². The van der Waals surface area contributed by atoms with Crippen molar-refractivity contribution < 1.29 is 9.53 Å². The highest BCUT2D eigenvalue weighted by Gasteiger charge is 2.06. The van der Waals surface area contributed by atoms with Crippen molar-refractivity contribution in [3.63, 3.8) is 0 Å². The Labute approximate surface area is 180 Å². The first-order valence-corrected chi connectivity index (χ1v) is 10.9. The number of hydrogen-bond donors (Lipinski definition) is 1. The second-order valence-electron chi connectivity index (χ2n) is 6.50. The van der Waals surface area contributed by atoms with Crippen LogP contribution in [-0.4, -0.2) is 34.6 Å². The molecule has 0 radical (unpaired) electrons. The molecule has 0 aliphatic carbocycles. The van der Waals surface area contributed by atoms with Crippen LogP contribution >= 0.6 is 11.8 Å². The normalized spacial score (nSPS) is 10.6. The molecule has 6 nitrogen and oxygen atoms in total. The number of amides is 1. The Bertz CT molecular complexity index is 1000. The molecule has 0 spiro atoms. The first-order valence-electron chi connectivity index (χ1n) is 9.91. The van der Waals surface area contributed by atoms with Crippen LogP contribution in [0.2, 0.25) is 0 Å². The molecular weight excluding hydrogens is 398 g/mol. The summed E-state index contributed by atoms with van der Waals surface area (Å²) in [7, 11) is 0. The predicted molar refractivity (Wildman–Crippen MR) is 120 cm³/mol. The molecule has 0 bridgehead atoms. The van der Waals surface area contributed by atoms with Crippen LogP contribution in [0.25, 0.3) is 11.3 Å². The molecule has 0 fully saturated rings. The van der Waals surface area contributed by atoms with Gasteiger partial charge in [-0.3, -0.25) is 9.59 Å². The molecule has 1 amide bonds. The molecule has 0 aliphatic rings. The van der Waals surface area contributed by atoms with Crippen molar-refractivity contribution in [2.24, 2.45) is 0 Å². The van der Waals surface area contributed by atoms with E-state index in [9.17, 15) is 9.59 Å². The van der Waals surface area contributed by atoms with E-state index >= 15 is 0 Å². The smallest absolute Gasteiger partial charge is 0.266 e. The van der Waals surface area contributed by atoms with Gasteiger partial charge in [-0.15, -0.1) is 11.8 Å². The molecule has 0 saturated heterocycles. The number of nitrogens with zero attached hydrogens (tertiary/aromatic N) is 2. The quantitative estimate of drug-likeness (QED) is 0.505. The fourth-order valence-electron chi connectivity index (χ4n) is 2.82. The maximum absolute atomic E-state index is 12.1. The minimum Gasteiger partial charge on any atom is -0.494 e. The zero-order valence-electron chi connectivity index (χ0n) is 16.9. The standard InChI is InChI=1S/C23H25N3O3S/c1-2-29-19-10-8-18(9-11-19)21-12-13-23(28)26(25-21)16-15-24-22(27)14-17-30-20-6-4-3-5-7-20/h3-13H,2,14-17H2,1H3,(H,24,27). The van der Waals surface area contributed by atoms with Crippen molar-refractivity contribution in [2.75, 3.05) is 18.9 Å². The van der Waals surface area contributed by atoms with Crippen LogP contribution in [0.3, 0.4) is 0 Å². The number of hydrogen-bond acceptors (Lipinski definition) is 5. The van der Waals surface area contributed by atoms with Gasteiger partial charge in [-0.05, 0) is 49.4 Å². The Morgan fingerprint density at radius 2 is 1.83 bits per heavy atom. The molecule has 0 unspecified atom stereocenters. The van der Waals surface area contributed by atoms with Gasteiger partial charge >= 0.3 is 0 Å². The van der Waals surface area contributed by atoms with Crippen LogP contribution in [-0.2, 0) is 11.3 Å². The number of carbonyl (C=O) groups is 1. The second-order valence-corrected chi connectivity index (χ2v) is 7.67. The van der Waals surface area contributed by atoms with Gasteiger partial charge in [0, 0.05) is 35.2 Å². The zero-order valence-corrected chi connectivity index (χ0v) is 17.7. The lowest BCUT2D eigenvalue weighted by Crippen LogP contribution is -2.32. The molecule has 30 heavy (non-hydrogen) atoms. The Morgan fingerprint density at radius 1 is 1.07 bits per heavy atom. The highest BCUT2D eigenvalue weighted by atomic mass is 32.2. The fraction of sp³-hybridized carbons (Fsp3) is 0.261. The van der Waals surface area contributed by atoms with Crippen LogP contribution < -0.4 is 15.6 Å². The third-order valence-electron chi connectivity index (χ3n) is 4.31. The van der Waals surface area contributed by atoms with Crippen LogP contribution in [0, 0.1) is 0 Å². The van der Waals surface area contributed by atoms with E-state index in [-0.39, 0.29) is 11.5 Å². The third-order valence-corrected chi connectivity index (χ3v) is 5.33. The number of benzene rings is 2. The minimum absolute atomic E-state index is 0.0332. The van der Waals surface area contributed by atoms with Crippen molar-refractivity contribution in [2.45, 2.75) is 24.8 Å². The Hall–Kier alpha value is -3.06. The molecule has 0 aliphatic heterocycles. The second kappa shape index (κ2) is 11.2. The first kappa shape index (κ1) is 21.6. The van der Waals surface area contributed by atoms with Crippen LogP contribution in [0.4, 0.5) is 0 Å². The molecule has 2 aromatic carbocycles. The van der Waals surface area contributed by atoms with E-state index in [1.807, 2.05) is 61.5 Å². The molecule has 1 heterocycles. The summed E-state index contributed by atoms with van der Waals surface area (Å²) in [6.07, 6.45) is 0.425. The van der Waals surface area contributed by atoms with E-state index in [0.29, 0.717) is 37.6 Å². The van der Waals surface area contributed by atoms with Gasteiger partial charge in [-0.1, -0.05) is 18.2 Å². The highest BCUT2D eigenvalue weighted by molar-refractivity contribution is 7.99. The topological polar surface area (TPSA) is 73.2 Å². The van der Waals surface area contributed by atoms with Crippen LogP contribution in [0.15, 0.2) is 76.4 Å². The lowest BCUT2D eigenvalue weighted by molar-refractivity contribution is -0.120. The summed E-state index contributed by atoms with van der Waals surface area (Å²) in [4.78, 5) is 25.3. The van der Waals surface area contributed by atoms with Crippen molar-refractivity contribution in [1.82, 2.24) is 15.1 Å². The van der Waals surface area contributed by atoms with Crippen LogP contribution in [0.5, 0.6) is 5.75 Å². The summed E-state index contributed by atoms with van der Waals surface area (Å²) in [6, 6.07) is 20.8. The number of carbonyl (C=O) groups excluding carboxylic acids is 1. The number of thioether (sulfide) groups is 1. The van der Waals surface area contributed by atoms with Gasteiger partial charge in [0.1, 0.15) is 5.75 Å². The average Bonchev–Trinajstić information content (AvgIpc) is 2.77. The van der Waals surface area contributed by atoms with Gasteiger partial charge in [0.2, 0.25) is 5.91 Å². The number of aromatic nitrogens is 2. The largest absolute Gasteiger partial charge is 0.494 e. The summed E-state index contributed by atoms with van der Waals surface area (Å²) in [5.41, 5.74) is 1.40. The molecular formula is C23H25N3O3S. The number of nitrogens with one attached hydrogen (secondary N) is 1. The van der Waals surface area contributed by atoms with Gasteiger partial charge in [0.05, 0.1) is 18.8 Å². The van der Waals surface area contributed by atoms with Gasteiger partial charge in [-0.2, -0.15) is 5.10 Å². The summed E-state index contributed by atoms with van der Waals surface area (Å²) in [5.74, 6) is 1.47. The van der Waals surface area contributed by atoms with Gasteiger partial charge in [0.15, 0.2) is 0 Å². The van der Waals surface area contributed by atoms with Crippen molar-refractivity contribution in [3.05, 3.63) is 77.1 Å². The molecule has 0 atom stereocenters. The monoisotopic (exact) mass is 423 g/mol. The van der Waals surface area contributed by atoms with Crippen molar-refractivity contribution >= 4 is 17.7 Å². The fourth-order valence-corrected chi connectivity index (χ4v) is 3.69. The zero-order chi connectivity index (χ0) is 21.2. The van der Waals surface area contributed by atoms with E-state index in [1.165, 1.54) is 10.7 Å². The summed E-state index contributed by atoms with van der Waals surface area (Å²) >= 11 is 1.65. The van der Waals surface area contributed by atoms with Crippen LogP contribution in [0.1, 0.15) is 13.3 Å². The van der Waals surface area contributed by atoms with Crippen molar-refractivity contribution in [3.8, 4) is 17.0 Å². The molecule has 3 aromatic rings. The predicted octanol–water partition coefficient (Wildman–Crippen LogP) is 3.61. The highest BCUT2D eigenvalue weighted by Crippen LogP contribution is 2.20. The molecule has 156 valence electrons. The molecule has 1 aromatic heterocycles. The Morgan fingerprint density at radius 3 is 2.57 bits per heavy atom. The van der Waals surface area contributed by atoms with E-state index in [2.05, 4.69) is 10.4 Å². The Kier molecular flexibility index (Phi) is 8.09. The van der Waals surface area contributed by atoms with Gasteiger partial charge < -0.3 is 10.1 Å². The Balaban J connectivity index is 1.49. The average molecular weight is 424 g/mol. The minimum atomic E-state index is -0.196. The van der Waals surface area contributed by atoms with E-state index in [0.717, 1.165) is 16.2 Å². The number of ether oxygens (including phenoxy) is 1. The lowest BCUT2D eigenvalue weighted by atomic mass is 10.1. The SMILES string of the molecule is CCOc1ccc(-c2ccc(=O)n(CCNC(=O)CCSc3ccccc3)n2)cc1. The lowest BCUT2D eigenvalue weighted by Gasteiger charge is -2.09. The van der Waals surface area contributed by atoms with E-state index in [1.54, 1.807) is 17.8 Å². The molecule has 0 saturated carbocycles. The summed E-state index contributed by atoms with van der Waals surface area (Å²) in [5, 5.41) is 7.28. The maximum atomic E-state index is 12.1.